The van der Waals surface area contributed by atoms with Gasteiger partial charge in [-0.1, -0.05) is 23.7 Å². The Labute approximate surface area is 174 Å². The van der Waals surface area contributed by atoms with Crippen molar-refractivity contribution in [3.8, 4) is 5.75 Å². The molecule has 0 unspecified atom stereocenters. The molecule has 0 spiro atoms. The lowest BCUT2D eigenvalue weighted by molar-refractivity contribution is -0.121. The van der Waals surface area contributed by atoms with Gasteiger partial charge in [0.1, 0.15) is 11.6 Å². The SMILES string of the molecule is COc1ccccc1NC(=O)C1CCN(CC(=O)Nc2ccc(F)c(Cl)c2)CC1. The Balaban J connectivity index is 1.46. The molecule has 2 amide bonds. The predicted octanol–water partition coefficient (Wildman–Crippen LogP) is 3.78. The van der Waals surface area contributed by atoms with E-state index in [-0.39, 0.29) is 29.3 Å². The number of ether oxygens (including phenoxy) is 1. The smallest absolute Gasteiger partial charge is 0.238 e. The largest absolute Gasteiger partial charge is 0.495 e. The summed E-state index contributed by atoms with van der Waals surface area (Å²) in [6, 6.07) is 11.3. The standard InChI is InChI=1S/C21H23ClFN3O3/c1-29-19-5-3-2-4-18(19)25-21(28)14-8-10-26(11-9-14)13-20(27)24-15-6-7-17(23)16(22)12-15/h2-7,12,14H,8-11,13H2,1H3,(H,24,27)(H,25,28). The summed E-state index contributed by atoms with van der Waals surface area (Å²) in [5.74, 6) is -0.270. The number of hydrogen-bond donors (Lipinski definition) is 2. The average Bonchev–Trinajstić information content (AvgIpc) is 2.71. The van der Waals surface area contributed by atoms with E-state index in [4.69, 9.17) is 16.3 Å². The Morgan fingerprint density at radius 2 is 1.90 bits per heavy atom. The lowest BCUT2D eigenvalue weighted by Gasteiger charge is -2.30. The Kier molecular flexibility index (Phi) is 7.06. The number of anilines is 2. The third-order valence-corrected chi connectivity index (χ3v) is 5.18. The molecular formula is C21H23ClFN3O3. The number of carbonyl (C=O) groups is 2. The minimum absolute atomic E-state index is 0.0373. The normalized spacial score (nSPS) is 15.0. The number of nitrogens with one attached hydrogen (secondary N) is 2. The van der Waals surface area contributed by atoms with Crippen LogP contribution in [0.1, 0.15) is 12.8 Å². The summed E-state index contributed by atoms with van der Waals surface area (Å²) < 4.78 is 18.5. The summed E-state index contributed by atoms with van der Waals surface area (Å²) >= 11 is 5.73. The fraction of sp³-hybridized carbons (Fsp3) is 0.333. The quantitative estimate of drug-likeness (QED) is 0.747. The minimum atomic E-state index is -0.530. The number of nitrogens with zero attached hydrogens (tertiary/aromatic N) is 1. The molecule has 8 heteroatoms. The molecule has 0 radical (unpaired) electrons. The molecule has 3 rings (SSSR count). The topological polar surface area (TPSA) is 70.7 Å². The fourth-order valence-corrected chi connectivity index (χ4v) is 3.49. The number of piperidine rings is 1. The first-order valence-electron chi connectivity index (χ1n) is 9.37. The number of amides is 2. The Bertz CT molecular complexity index is 885. The van der Waals surface area contributed by atoms with E-state index in [0.29, 0.717) is 43.1 Å². The molecule has 2 aromatic carbocycles. The van der Waals surface area contributed by atoms with Crippen LogP contribution in [-0.4, -0.2) is 43.5 Å². The van der Waals surface area contributed by atoms with Gasteiger partial charge in [0, 0.05) is 11.6 Å². The molecule has 0 bridgehead atoms. The van der Waals surface area contributed by atoms with Crippen LogP contribution in [0.3, 0.4) is 0 Å². The highest BCUT2D eigenvalue weighted by atomic mass is 35.5. The first-order valence-corrected chi connectivity index (χ1v) is 9.75. The van der Waals surface area contributed by atoms with Crippen molar-refractivity contribution in [1.82, 2.24) is 4.90 Å². The maximum Gasteiger partial charge on any atom is 0.238 e. The number of methoxy groups -OCH3 is 1. The number of hydrogen-bond acceptors (Lipinski definition) is 4. The molecule has 1 aliphatic rings. The van der Waals surface area contributed by atoms with Crippen molar-refractivity contribution in [3.63, 3.8) is 0 Å². The van der Waals surface area contributed by atoms with Gasteiger partial charge in [0.2, 0.25) is 11.8 Å². The van der Waals surface area contributed by atoms with E-state index in [2.05, 4.69) is 10.6 Å². The first kappa shape index (κ1) is 21.1. The Morgan fingerprint density at radius 1 is 1.17 bits per heavy atom. The molecule has 0 saturated carbocycles. The van der Waals surface area contributed by atoms with E-state index in [0.717, 1.165) is 0 Å². The van der Waals surface area contributed by atoms with Gasteiger partial charge in [0.25, 0.3) is 0 Å². The van der Waals surface area contributed by atoms with E-state index < -0.39 is 5.82 Å². The third-order valence-electron chi connectivity index (χ3n) is 4.89. The predicted molar refractivity (Wildman–Crippen MR) is 111 cm³/mol. The molecule has 154 valence electrons. The van der Waals surface area contributed by atoms with Gasteiger partial charge in [-0.2, -0.15) is 0 Å². The maximum atomic E-state index is 13.2. The first-order chi connectivity index (χ1) is 14.0. The zero-order valence-electron chi connectivity index (χ0n) is 16.1. The third kappa shape index (κ3) is 5.68. The monoisotopic (exact) mass is 419 g/mol. The van der Waals surface area contributed by atoms with Crippen LogP contribution in [0.5, 0.6) is 5.75 Å². The molecule has 1 fully saturated rings. The van der Waals surface area contributed by atoms with Crippen molar-refractivity contribution in [2.24, 2.45) is 5.92 Å². The molecule has 0 aromatic heterocycles. The van der Waals surface area contributed by atoms with Gasteiger partial charge < -0.3 is 15.4 Å². The van der Waals surface area contributed by atoms with Gasteiger partial charge in [-0.3, -0.25) is 14.5 Å². The molecule has 2 aromatic rings. The molecule has 1 aliphatic heterocycles. The molecule has 6 nitrogen and oxygen atoms in total. The summed E-state index contributed by atoms with van der Waals surface area (Å²) in [5, 5.41) is 5.60. The number of halogens is 2. The summed E-state index contributed by atoms with van der Waals surface area (Å²) in [7, 11) is 1.56. The van der Waals surface area contributed by atoms with Crippen molar-refractivity contribution in [1.29, 1.82) is 0 Å². The second kappa shape index (κ2) is 9.71. The number of para-hydroxylation sites is 2. The molecule has 0 aliphatic carbocycles. The molecule has 1 heterocycles. The van der Waals surface area contributed by atoms with E-state index in [1.54, 1.807) is 19.2 Å². The average molecular weight is 420 g/mol. The number of benzene rings is 2. The van der Waals surface area contributed by atoms with E-state index in [9.17, 15) is 14.0 Å². The molecule has 2 N–H and O–H groups in total. The van der Waals surface area contributed by atoms with Crippen LogP contribution < -0.4 is 15.4 Å². The Hall–Kier alpha value is -2.64. The lowest BCUT2D eigenvalue weighted by atomic mass is 9.95. The zero-order chi connectivity index (χ0) is 20.8. The van der Waals surface area contributed by atoms with Crippen LogP contribution in [-0.2, 0) is 9.59 Å². The molecule has 1 saturated heterocycles. The lowest BCUT2D eigenvalue weighted by Crippen LogP contribution is -2.41. The number of carbonyl (C=O) groups excluding carboxylic acids is 2. The highest BCUT2D eigenvalue weighted by Gasteiger charge is 2.26. The van der Waals surface area contributed by atoms with Gasteiger partial charge in [0.15, 0.2) is 0 Å². The van der Waals surface area contributed by atoms with Gasteiger partial charge in [-0.05, 0) is 56.3 Å². The van der Waals surface area contributed by atoms with Crippen molar-refractivity contribution in [3.05, 3.63) is 53.3 Å². The van der Waals surface area contributed by atoms with Crippen molar-refractivity contribution < 1.29 is 18.7 Å². The minimum Gasteiger partial charge on any atom is -0.495 e. The van der Waals surface area contributed by atoms with Gasteiger partial charge in [-0.25, -0.2) is 4.39 Å². The van der Waals surface area contributed by atoms with Crippen LogP contribution in [0.2, 0.25) is 5.02 Å². The fourth-order valence-electron chi connectivity index (χ4n) is 3.31. The summed E-state index contributed by atoms with van der Waals surface area (Å²) in [6.07, 6.45) is 1.33. The van der Waals surface area contributed by atoms with Crippen LogP contribution in [0.25, 0.3) is 0 Å². The second-order valence-electron chi connectivity index (χ2n) is 6.92. The summed E-state index contributed by atoms with van der Waals surface area (Å²) in [4.78, 5) is 26.8. The van der Waals surface area contributed by atoms with Crippen molar-refractivity contribution >= 4 is 34.8 Å². The maximum absolute atomic E-state index is 13.2. The molecular weight excluding hydrogens is 397 g/mol. The van der Waals surface area contributed by atoms with E-state index >= 15 is 0 Å². The van der Waals surface area contributed by atoms with Crippen LogP contribution in [0.15, 0.2) is 42.5 Å². The van der Waals surface area contributed by atoms with E-state index in [1.165, 1.54) is 18.2 Å². The summed E-state index contributed by atoms with van der Waals surface area (Å²) in [6.45, 7) is 1.49. The zero-order valence-corrected chi connectivity index (χ0v) is 16.8. The van der Waals surface area contributed by atoms with Crippen LogP contribution in [0.4, 0.5) is 15.8 Å². The van der Waals surface area contributed by atoms with Crippen LogP contribution in [0, 0.1) is 11.7 Å². The number of rotatable bonds is 6. The van der Waals surface area contributed by atoms with Crippen LogP contribution >= 0.6 is 11.6 Å². The van der Waals surface area contributed by atoms with Crippen molar-refractivity contribution in [2.75, 3.05) is 37.4 Å². The van der Waals surface area contributed by atoms with Gasteiger partial charge in [0.05, 0.1) is 24.4 Å². The highest BCUT2D eigenvalue weighted by molar-refractivity contribution is 6.31. The molecule has 29 heavy (non-hydrogen) atoms. The number of likely N-dealkylation sites (tertiary alicyclic amines) is 1. The highest BCUT2D eigenvalue weighted by Crippen LogP contribution is 2.26. The molecule has 0 atom stereocenters. The van der Waals surface area contributed by atoms with Crippen molar-refractivity contribution in [2.45, 2.75) is 12.8 Å². The Morgan fingerprint density at radius 3 is 2.59 bits per heavy atom. The van der Waals surface area contributed by atoms with Gasteiger partial charge in [-0.15, -0.1) is 0 Å². The summed E-state index contributed by atoms with van der Waals surface area (Å²) in [5.41, 5.74) is 1.10. The van der Waals surface area contributed by atoms with Gasteiger partial charge >= 0.3 is 0 Å². The second-order valence-corrected chi connectivity index (χ2v) is 7.32. The van der Waals surface area contributed by atoms with E-state index in [1.807, 2.05) is 17.0 Å².